The second kappa shape index (κ2) is 7.60. The molecular weight excluding hydrogens is 484 g/mol. The van der Waals surface area contributed by atoms with Gasteiger partial charge in [-0.1, -0.05) is 46.3 Å². The van der Waals surface area contributed by atoms with Crippen LogP contribution in [0, 0.1) is 0 Å². The van der Waals surface area contributed by atoms with Gasteiger partial charge < -0.3 is 14.6 Å². The van der Waals surface area contributed by atoms with E-state index in [0.29, 0.717) is 23.1 Å². The first-order chi connectivity index (χ1) is 16.1. The second-order valence-electron chi connectivity index (χ2n) is 7.68. The monoisotopic (exact) mass is 500 g/mol. The molecule has 1 aliphatic rings. The molecule has 3 heterocycles. The number of fused-ring (bicyclic) bond motifs is 4. The van der Waals surface area contributed by atoms with Crippen LogP contribution < -0.4 is 9.47 Å². The molecule has 1 aliphatic heterocycles. The lowest BCUT2D eigenvalue weighted by atomic mass is 9.84. The quantitative estimate of drug-likeness (QED) is 0.342. The molecule has 0 saturated heterocycles. The van der Waals surface area contributed by atoms with Gasteiger partial charge in [-0.25, -0.2) is 14.5 Å². The summed E-state index contributed by atoms with van der Waals surface area (Å²) in [5.41, 5.74) is 4.29. The van der Waals surface area contributed by atoms with Crippen LogP contribution in [0.3, 0.4) is 0 Å². The Morgan fingerprint density at radius 2 is 1.88 bits per heavy atom. The zero-order chi connectivity index (χ0) is 22.5. The van der Waals surface area contributed by atoms with Gasteiger partial charge in [0.1, 0.15) is 23.6 Å². The van der Waals surface area contributed by atoms with E-state index in [1.54, 1.807) is 30.1 Å². The predicted molar refractivity (Wildman–Crippen MR) is 126 cm³/mol. The maximum Gasteiger partial charge on any atom is 0.228 e. The third kappa shape index (κ3) is 3.22. The van der Waals surface area contributed by atoms with Crippen molar-refractivity contribution in [1.82, 2.24) is 19.6 Å². The highest BCUT2D eigenvalue weighted by Crippen LogP contribution is 2.48. The van der Waals surface area contributed by atoms with E-state index in [2.05, 4.69) is 26.0 Å². The summed E-state index contributed by atoms with van der Waals surface area (Å²) in [7, 11) is 1.64. The van der Waals surface area contributed by atoms with Crippen molar-refractivity contribution in [2.45, 2.75) is 5.92 Å². The average Bonchev–Trinajstić information content (AvgIpc) is 3.27. The summed E-state index contributed by atoms with van der Waals surface area (Å²) in [6, 6.07) is 20.9. The molecular formula is C25H17BrN4O3. The highest BCUT2D eigenvalue weighted by Gasteiger charge is 2.33. The average molecular weight is 501 g/mol. The zero-order valence-electron chi connectivity index (χ0n) is 17.4. The highest BCUT2D eigenvalue weighted by atomic mass is 79.9. The summed E-state index contributed by atoms with van der Waals surface area (Å²) in [5, 5.41) is 14.7. The molecule has 162 valence electrons. The minimum atomic E-state index is -0.220. The SMILES string of the molecule is COc1ccc(C2c3ccc(O)cc3Oc3ncn4nc(-c5ccccc5Br)nc4c32)cc1. The van der Waals surface area contributed by atoms with Crippen molar-refractivity contribution in [3.8, 4) is 34.5 Å². The van der Waals surface area contributed by atoms with E-state index < -0.39 is 0 Å². The Hall–Kier alpha value is -3.91. The lowest BCUT2D eigenvalue weighted by Gasteiger charge is -2.28. The van der Waals surface area contributed by atoms with Crippen LogP contribution in [0.4, 0.5) is 0 Å². The van der Waals surface area contributed by atoms with Crippen LogP contribution in [0.1, 0.15) is 22.6 Å². The Bertz CT molecular complexity index is 1510. The molecule has 6 rings (SSSR count). The van der Waals surface area contributed by atoms with Gasteiger partial charge in [-0.3, -0.25) is 0 Å². The molecule has 0 amide bonds. The molecule has 0 bridgehead atoms. The van der Waals surface area contributed by atoms with Gasteiger partial charge in [0.25, 0.3) is 0 Å². The van der Waals surface area contributed by atoms with E-state index in [9.17, 15) is 5.11 Å². The Morgan fingerprint density at radius 3 is 2.67 bits per heavy atom. The summed E-state index contributed by atoms with van der Waals surface area (Å²) < 4.78 is 14.0. The van der Waals surface area contributed by atoms with Gasteiger partial charge in [0, 0.05) is 27.6 Å². The Labute approximate surface area is 197 Å². The summed E-state index contributed by atoms with van der Waals surface area (Å²) in [4.78, 5) is 9.42. The molecule has 0 fully saturated rings. The van der Waals surface area contributed by atoms with Crippen LogP contribution >= 0.6 is 15.9 Å². The van der Waals surface area contributed by atoms with Gasteiger partial charge >= 0.3 is 0 Å². The number of rotatable bonds is 3. The van der Waals surface area contributed by atoms with Crippen LogP contribution in [0.5, 0.6) is 23.1 Å². The maximum atomic E-state index is 10.0. The molecule has 0 saturated carbocycles. The highest BCUT2D eigenvalue weighted by molar-refractivity contribution is 9.10. The fourth-order valence-electron chi connectivity index (χ4n) is 4.20. The number of methoxy groups -OCH3 is 1. The van der Waals surface area contributed by atoms with Gasteiger partial charge in [0.15, 0.2) is 11.5 Å². The van der Waals surface area contributed by atoms with Crippen molar-refractivity contribution in [1.29, 1.82) is 0 Å². The summed E-state index contributed by atoms with van der Waals surface area (Å²) in [6.45, 7) is 0. The van der Waals surface area contributed by atoms with Crippen LogP contribution in [-0.2, 0) is 0 Å². The zero-order valence-corrected chi connectivity index (χ0v) is 19.0. The van der Waals surface area contributed by atoms with Crippen LogP contribution in [0.15, 0.2) is 77.5 Å². The second-order valence-corrected chi connectivity index (χ2v) is 8.53. The Kier molecular flexibility index (Phi) is 4.55. The van der Waals surface area contributed by atoms with E-state index in [0.717, 1.165) is 32.5 Å². The summed E-state index contributed by atoms with van der Waals surface area (Å²) in [5.74, 6) is 2.26. The van der Waals surface area contributed by atoms with Crippen molar-refractivity contribution < 1.29 is 14.6 Å². The van der Waals surface area contributed by atoms with E-state index in [-0.39, 0.29) is 11.7 Å². The van der Waals surface area contributed by atoms with Crippen molar-refractivity contribution in [2.75, 3.05) is 7.11 Å². The van der Waals surface area contributed by atoms with Gasteiger partial charge in [0.2, 0.25) is 5.88 Å². The first-order valence-corrected chi connectivity index (χ1v) is 11.1. The lowest BCUT2D eigenvalue weighted by molar-refractivity contribution is 0.414. The van der Waals surface area contributed by atoms with E-state index >= 15 is 0 Å². The maximum absolute atomic E-state index is 10.0. The molecule has 7 nitrogen and oxygen atoms in total. The van der Waals surface area contributed by atoms with Crippen molar-refractivity contribution in [3.05, 3.63) is 94.2 Å². The van der Waals surface area contributed by atoms with Crippen LogP contribution in [-0.4, -0.2) is 31.8 Å². The first-order valence-electron chi connectivity index (χ1n) is 10.3. The number of hydrogen-bond donors (Lipinski definition) is 1. The molecule has 0 aliphatic carbocycles. The van der Waals surface area contributed by atoms with Gasteiger partial charge in [-0.05, 0) is 35.9 Å². The number of phenols is 1. The molecule has 0 spiro atoms. The molecule has 1 unspecified atom stereocenters. The van der Waals surface area contributed by atoms with Gasteiger partial charge in [0.05, 0.1) is 12.7 Å². The number of aromatic nitrogens is 4. The lowest BCUT2D eigenvalue weighted by Crippen LogP contribution is -2.15. The number of halogens is 1. The molecule has 33 heavy (non-hydrogen) atoms. The Balaban J connectivity index is 1.60. The van der Waals surface area contributed by atoms with E-state index in [1.807, 2.05) is 54.6 Å². The largest absolute Gasteiger partial charge is 0.508 e. The van der Waals surface area contributed by atoms with E-state index in [4.69, 9.17) is 14.5 Å². The molecule has 1 N–H and O–H groups in total. The smallest absolute Gasteiger partial charge is 0.228 e. The molecule has 5 aromatic rings. The number of nitrogens with zero attached hydrogens (tertiary/aromatic N) is 4. The predicted octanol–water partition coefficient (Wildman–Crippen LogP) is 5.55. The number of aromatic hydroxyl groups is 1. The van der Waals surface area contributed by atoms with Crippen molar-refractivity contribution in [2.24, 2.45) is 0 Å². The molecule has 3 aromatic carbocycles. The number of phenolic OH excluding ortho intramolecular Hbond substituents is 1. The fraction of sp³-hybridized carbons (Fsp3) is 0.0800. The Morgan fingerprint density at radius 1 is 1.06 bits per heavy atom. The first kappa shape index (κ1) is 19.8. The van der Waals surface area contributed by atoms with Gasteiger partial charge in [-0.2, -0.15) is 0 Å². The molecule has 8 heteroatoms. The minimum Gasteiger partial charge on any atom is -0.508 e. The normalized spacial score (nSPS) is 14.4. The molecule has 2 aromatic heterocycles. The topological polar surface area (TPSA) is 81.8 Å². The third-order valence-corrected chi connectivity index (χ3v) is 6.45. The summed E-state index contributed by atoms with van der Waals surface area (Å²) in [6.07, 6.45) is 1.60. The standard InChI is InChI=1S/C25H17BrN4O3/c1-32-16-9-6-14(7-10-16)21-18-11-8-15(31)12-20(18)33-25-22(21)24-28-23(29-30(24)13-27-25)17-4-2-3-5-19(17)26/h2-13,21,31H,1H3. The van der Waals surface area contributed by atoms with Crippen molar-refractivity contribution >= 4 is 21.6 Å². The number of hydrogen-bond acceptors (Lipinski definition) is 6. The van der Waals surface area contributed by atoms with Crippen LogP contribution in [0.25, 0.3) is 17.0 Å². The minimum absolute atomic E-state index is 0.130. The van der Waals surface area contributed by atoms with Crippen molar-refractivity contribution in [3.63, 3.8) is 0 Å². The van der Waals surface area contributed by atoms with E-state index in [1.165, 1.54) is 0 Å². The molecule has 1 atom stereocenters. The van der Waals surface area contributed by atoms with Gasteiger partial charge in [-0.15, -0.1) is 5.10 Å². The fourth-order valence-corrected chi connectivity index (χ4v) is 4.66. The number of benzene rings is 3. The number of ether oxygens (including phenoxy) is 2. The summed E-state index contributed by atoms with van der Waals surface area (Å²) >= 11 is 3.59. The van der Waals surface area contributed by atoms with Crippen LogP contribution in [0.2, 0.25) is 0 Å². The third-order valence-electron chi connectivity index (χ3n) is 5.75. The molecule has 0 radical (unpaired) electrons.